The molecule has 2 aliphatic rings. The molecule has 0 radical (unpaired) electrons. The van der Waals surface area contributed by atoms with Crippen LogP contribution in [0.1, 0.15) is 76.2 Å². The average Bonchev–Trinajstić information content (AvgIpc) is 2.69. The fourth-order valence-electron chi connectivity index (χ4n) is 4.33. The number of hydrogen-bond donors (Lipinski definition) is 0. The Morgan fingerprint density at radius 2 is 1.42 bits per heavy atom. The number of carbonyl (C=O) groups excluding carboxylic acids is 3. The number of carbonyl (C=O) groups is 3. The molecule has 140 valence electrons. The Labute approximate surface area is 156 Å². The molecule has 1 atom stereocenters. The van der Waals surface area contributed by atoms with Crippen molar-refractivity contribution in [2.75, 3.05) is 0 Å². The summed E-state index contributed by atoms with van der Waals surface area (Å²) in [4.78, 5) is 40.2. The molecule has 1 unspecified atom stereocenters. The first kappa shape index (κ1) is 18.8. The zero-order valence-electron chi connectivity index (χ0n) is 15.5. The molecule has 1 aliphatic carbocycles. The van der Waals surface area contributed by atoms with Crippen LogP contribution in [0.4, 0.5) is 0 Å². The molecule has 1 saturated heterocycles. The van der Waals surface area contributed by atoms with Crippen LogP contribution < -0.4 is 0 Å². The number of hydrogen-bond acceptors (Lipinski definition) is 3. The monoisotopic (exact) mass is 355 g/mol. The maximum atomic E-state index is 13.4. The fourth-order valence-corrected chi connectivity index (χ4v) is 4.33. The van der Waals surface area contributed by atoms with E-state index in [1.54, 1.807) is 0 Å². The molecule has 1 spiro atoms. The molecule has 1 aliphatic heterocycles. The molecule has 2 amide bonds. The van der Waals surface area contributed by atoms with Crippen molar-refractivity contribution in [1.82, 2.24) is 4.90 Å². The number of ketones is 1. The van der Waals surface area contributed by atoms with E-state index in [1.807, 2.05) is 30.3 Å². The zero-order chi connectivity index (χ0) is 18.4. The second-order valence-corrected chi connectivity index (χ2v) is 7.75. The van der Waals surface area contributed by atoms with Gasteiger partial charge in [0.15, 0.2) is 0 Å². The summed E-state index contributed by atoms with van der Waals surface area (Å²) >= 11 is 0. The second-order valence-electron chi connectivity index (χ2n) is 7.75. The highest BCUT2D eigenvalue weighted by Gasteiger charge is 2.51. The van der Waals surface area contributed by atoms with Crippen LogP contribution in [-0.4, -0.2) is 22.5 Å². The molecule has 1 heterocycles. The van der Waals surface area contributed by atoms with Gasteiger partial charge >= 0.3 is 0 Å². The number of piperidine rings is 1. The smallest absolute Gasteiger partial charge is 0.243 e. The van der Waals surface area contributed by atoms with Crippen LogP contribution in [0.2, 0.25) is 0 Å². The lowest BCUT2D eigenvalue weighted by Gasteiger charge is -2.39. The number of Topliss-reactive ketones (excluding diaryl/α,β-unsaturated/α-hetero) is 1. The normalized spacial score (nSPS) is 26.0. The van der Waals surface area contributed by atoms with Crippen LogP contribution in [0, 0.1) is 5.41 Å². The van der Waals surface area contributed by atoms with Gasteiger partial charge in [-0.3, -0.25) is 19.3 Å². The van der Waals surface area contributed by atoms with Gasteiger partial charge in [-0.2, -0.15) is 0 Å². The van der Waals surface area contributed by atoms with Gasteiger partial charge in [-0.1, -0.05) is 68.9 Å². The summed E-state index contributed by atoms with van der Waals surface area (Å²) in [5.41, 5.74) is -0.0390. The van der Waals surface area contributed by atoms with E-state index in [9.17, 15) is 14.4 Å². The SMILES string of the molecule is O=C1CCC2(CCCCCCCCCC2=O)C(=O)N1Cc1ccccc1. The van der Waals surface area contributed by atoms with Crippen molar-refractivity contribution >= 4 is 17.6 Å². The first-order chi connectivity index (χ1) is 12.6. The standard InChI is InChI=1S/C22H29NO3/c24-19-13-9-4-2-1-3-5-10-15-22(19)16-14-20(25)23(21(22)26)17-18-11-7-6-8-12-18/h6-8,11-12H,1-5,9-10,13-17H2. The van der Waals surface area contributed by atoms with E-state index in [-0.39, 0.29) is 24.1 Å². The predicted molar refractivity (Wildman–Crippen MR) is 100 cm³/mol. The van der Waals surface area contributed by atoms with Gasteiger partial charge in [-0.15, -0.1) is 0 Å². The van der Waals surface area contributed by atoms with E-state index in [2.05, 4.69) is 0 Å². The van der Waals surface area contributed by atoms with Gasteiger partial charge in [0.1, 0.15) is 11.2 Å². The van der Waals surface area contributed by atoms with Crippen molar-refractivity contribution in [3.05, 3.63) is 35.9 Å². The number of nitrogens with zero attached hydrogens (tertiary/aromatic N) is 1. The number of amides is 2. The van der Waals surface area contributed by atoms with Gasteiger partial charge in [0, 0.05) is 12.8 Å². The van der Waals surface area contributed by atoms with Gasteiger partial charge in [0.25, 0.3) is 0 Å². The molecule has 0 aromatic heterocycles. The Balaban J connectivity index is 1.83. The molecule has 0 bridgehead atoms. The third kappa shape index (κ3) is 4.05. The zero-order valence-corrected chi connectivity index (χ0v) is 15.5. The Hall–Kier alpha value is -1.97. The lowest BCUT2D eigenvalue weighted by Crippen LogP contribution is -2.54. The number of benzene rings is 1. The van der Waals surface area contributed by atoms with Crippen LogP contribution in [-0.2, 0) is 20.9 Å². The van der Waals surface area contributed by atoms with Crippen molar-refractivity contribution in [1.29, 1.82) is 0 Å². The van der Waals surface area contributed by atoms with Crippen LogP contribution >= 0.6 is 0 Å². The van der Waals surface area contributed by atoms with Gasteiger partial charge in [0.05, 0.1) is 6.54 Å². The van der Waals surface area contributed by atoms with Crippen molar-refractivity contribution < 1.29 is 14.4 Å². The summed E-state index contributed by atoms with van der Waals surface area (Å²) < 4.78 is 0. The largest absolute Gasteiger partial charge is 0.299 e. The molecule has 4 heteroatoms. The van der Waals surface area contributed by atoms with Gasteiger partial charge in [-0.25, -0.2) is 0 Å². The van der Waals surface area contributed by atoms with Gasteiger partial charge in [-0.05, 0) is 24.8 Å². The van der Waals surface area contributed by atoms with Crippen LogP contribution in [0.25, 0.3) is 0 Å². The van der Waals surface area contributed by atoms with E-state index in [4.69, 9.17) is 0 Å². The minimum Gasteiger partial charge on any atom is -0.299 e. The number of imide groups is 1. The van der Waals surface area contributed by atoms with Gasteiger partial charge in [0.2, 0.25) is 11.8 Å². The Morgan fingerprint density at radius 3 is 2.15 bits per heavy atom. The Bertz CT molecular complexity index is 655. The molecular formula is C22H29NO3. The first-order valence-electron chi connectivity index (χ1n) is 10.1. The number of likely N-dealkylation sites (tertiary alicyclic amines) is 1. The maximum absolute atomic E-state index is 13.4. The molecule has 1 aromatic carbocycles. The van der Waals surface area contributed by atoms with Gasteiger partial charge < -0.3 is 0 Å². The molecular weight excluding hydrogens is 326 g/mol. The molecule has 2 fully saturated rings. The minimum absolute atomic E-state index is 0.0648. The van der Waals surface area contributed by atoms with E-state index in [1.165, 1.54) is 24.2 Å². The first-order valence-corrected chi connectivity index (χ1v) is 10.1. The van der Waals surface area contributed by atoms with Crippen LogP contribution in [0.3, 0.4) is 0 Å². The second kappa shape index (κ2) is 8.61. The van der Waals surface area contributed by atoms with Crippen LogP contribution in [0.5, 0.6) is 0 Å². The highest BCUT2D eigenvalue weighted by Crippen LogP contribution is 2.40. The molecule has 1 saturated carbocycles. The van der Waals surface area contributed by atoms with Crippen LogP contribution in [0.15, 0.2) is 30.3 Å². The Kier molecular flexibility index (Phi) is 6.23. The third-order valence-electron chi connectivity index (χ3n) is 5.95. The lowest BCUT2D eigenvalue weighted by atomic mass is 9.70. The highest BCUT2D eigenvalue weighted by atomic mass is 16.2. The Morgan fingerprint density at radius 1 is 0.769 bits per heavy atom. The quantitative estimate of drug-likeness (QED) is 0.583. The lowest BCUT2D eigenvalue weighted by molar-refractivity contribution is -0.162. The molecule has 0 N–H and O–H groups in total. The highest BCUT2D eigenvalue weighted by molar-refractivity contribution is 6.12. The minimum atomic E-state index is -0.965. The van der Waals surface area contributed by atoms with E-state index >= 15 is 0 Å². The molecule has 26 heavy (non-hydrogen) atoms. The summed E-state index contributed by atoms with van der Waals surface area (Å²) in [7, 11) is 0. The van der Waals surface area contributed by atoms with Crippen molar-refractivity contribution in [2.24, 2.45) is 5.41 Å². The topological polar surface area (TPSA) is 54.5 Å². The van der Waals surface area contributed by atoms with Crippen molar-refractivity contribution in [3.8, 4) is 0 Å². The molecule has 1 aromatic rings. The summed E-state index contributed by atoms with van der Waals surface area (Å²) in [5, 5.41) is 0. The third-order valence-corrected chi connectivity index (χ3v) is 5.95. The summed E-state index contributed by atoms with van der Waals surface area (Å²) in [6, 6.07) is 9.56. The number of rotatable bonds is 2. The summed E-state index contributed by atoms with van der Waals surface area (Å²) in [5.74, 6) is -0.330. The van der Waals surface area contributed by atoms with Crippen molar-refractivity contribution in [3.63, 3.8) is 0 Å². The maximum Gasteiger partial charge on any atom is 0.243 e. The van der Waals surface area contributed by atoms with E-state index in [0.29, 0.717) is 25.7 Å². The van der Waals surface area contributed by atoms with E-state index in [0.717, 1.165) is 31.2 Å². The molecule has 4 nitrogen and oxygen atoms in total. The summed E-state index contributed by atoms with van der Waals surface area (Å²) in [6.45, 7) is 0.271. The van der Waals surface area contributed by atoms with Crippen molar-refractivity contribution in [2.45, 2.75) is 77.2 Å². The fraction of sp³-hybridized carbons (Fsp3) is 0.591. The van der Waals surface area contributed by atoms with E-state index < -0.39 is 5.41 Å². The average molecular weight is 355 g/mol. The molecule has 3 rings (SSSR count). The summed E-state index contributed by atoms with van der Waals surface area (Å²) in [6.07, 6.45) is 9.20. The predicted octanol–water partition coefficient (Wildman–Crippen LogP) is 4.42.